The van der Waals surface area contributed by atoms with Gasteiger partial charge in [-0.1, -0.05) is 17.7 Å². The molecule has 0 aromatic heterocycles. The number of hydrogen-bond acceptors (Lipinski definition) is 3. The van der Waals surface area contributed by atoms with Crippen LogP contribution < -0.4 is 15.8 Å². The average Bonchev–Trinajstić information content (AvgIpc) is 2.29. The monoisotopic (exact) mass is 256 g/mol. The highest BCUT2D eigenvalue weighted by atomic mass is 35.5. The van der Waals surface area contributed by atoms with Crippen molar-refractivity contribution in [2.45, 2.75) is 19.9 Å². The molecule has 0 radical (unpaired) electrons. The summed E-state index contributed by atoms with van der Waals surface area (Å²) in [5.74, 6) is 0.633. The van der Waals surface area contributed by atoms with Gasteiger partial charge in [-0.2, -0.15) is 0 Å². The van der Waals surface area contributed by atoms with Gasteiger partial charge in [0.05, 0.1) is 13.0 Å². The van der Waals surface area contributed by atoms with Crippen molar-refractivity contribution in [3.05, 3.63) is 28.8 Å². The molecule has 0 aliphatic rings. The maximum atomic E-state index is 11.2. The topological polar surface area (TPSA) is 64.3 Å². The van der Waals surface area contributed by atoms with Gasteiger partial charge in [0.1, 0.15) is 5.75 Å². The molecule has 0 fully saturated rings. The first-order valence-corrected chi connectivity index (χ1v) is 5.93. The van der Waals surface area contributed by atoms with Gasteiger partial charge in [-0.25, -0.2) is 0 Å². The summed E-state index contributed by atoms with van der Waals surface area (Å²) in [5.41, 5.74) is 6.37. The van der Waals surface area contributed by atoms with Crippen molar-refractivity contribution >= 4 is 17.5 Å². The summed E-state index contributed by atoms with van der Waals surface area (Å²) in [5, 5.41) is 3.29. The smallest absolute Gasteiger partial charge is 0.223 e. The van der Waals surface area contributed by atoms with Crippen LogP contribution in [-0.2, 0) is 11.3 Å². The number of ether oxygens (including phenoxy) is 1. The zero-order valence-electron chi connectivity index (χ0n) is 9.83. The van der Waals surface area contributed by atoms with Crippen LogP contribution in [0.25, 0.3) is 0 Å². The maximum absolute atomic E-state index is 11.2. The number of amides is 1. The van der Waals surface area contributed by atoms with Gasteiger partial charge in [0.15, 0.2) is 0 Å². The van der Waals surface area contributed by atoms with Crippen LogP contribution >= 0.6 is 11.6 Å². The SMILES string of the molecule is CCNC(=O)CCOc1ccc(CN)c(Cl)c1. The van der Waals surface area contributed by atoms with Crippen molar-refractivity contribution in [1.82, 2.24) is 5.32 Å². The molecule has 0 aliphatic heterocycles. The Kier molecular flexibility index (Phi) is 5.80. The normalized spacial score (nSPS) is 10.1. The van der Waals surface area contributed by atoms with E-state index < -0.39 is 0 Å². The van der Waals surface area contributed by atoms with E-state index >= 15 is 0 Å². The average molecular weight is 257 g/mol. The Morgan fingerprint density at radius 3 is 2.88 bits per heavy atom. The van der Waals surface area contributed by atoms with Gasteiger partial charge in [-0.15, -0.1) is 0 Å². The third kappa shape index (κ3) is 4.63. The molecule has 0 bridgehead atoms. The first kappa shape index (κ1) is 13.8. The fraction of sp³-hybridized carbons (Fsp3) is 0.417. The van der Waals surface area contributed by atoms with Gasteiger partial charge in [0.25, 0.3) is 0 Å². The van der Waals surface area contributed by atoms with E-state index in [-0.39, 0.29) is 5.91 Å². The molecule has 0 saturated carbocycles. The molecule has 0 saturated heterocycles. The standard InChI is InChI=1S/C12H17ClN2O2/c1-2-15-12(16)5-6-17-10-4-3-9(8-14)11(13)7-10/h3-4,7H,2,5-6,8,14H2,1H3,(H,15,16). The van der Waals surface area contributed by atoms with Crippen LogP contribution in [0, 0.1) is 0 Å². The number of halogens is 1. The van der Waals surface area contributed by atoms with Crippen molar-refractivity contribution in [3.8, 4) is 5.75 Å². The van der Waals surface area contributed by atoms with Crippen molar-refractivity contribution in [1.29, 1.82) is 0 Å². The number of carbonyl (C=O) groups excluding carboxylic acids is 1. The van der Waals surface area contributed by atoms with E-state index in [1.165, 1.54) is 0 Å². The molecule has 0 unspecified atom stereocenters. The first-order chi connectivity index (χ1) is 8.17. The molecule has 1 aromatic carbocycles. The van der Waals surface area contributed by atoms with Crippen LogP contribution in [0.5, 0.6) is 5.75 Å². The quantitative estimate of drug-likeness (QED) is 0.814. The lowest BCUT2D eigenvalue weighted by Crippen LogP contribution is -2.24. The minimum atomic E-state index is -0.0165. The van der Waals surface area contributed by atoms with Gasteiger partial charge in [0.2, 0.25) is 5.91 Å². The van der Waals surface area contributed by atoms with E-state index in [0.717, 1.165) is 5.56 Å². The lowest BCUT2D eigenvalue weighted by Gasteiger charge is -2.08. The van der Waals surface area contributed by atoms with Crippen LogP contribution in [0.15, 0.2) is 18.2 Å². The second kappa shape index (κ2) is 7.14. The largest absolute Gasteiger partial charge is 0.493 e. The molecule has 1 aromatic rings. The molecule has 3 N–H and O–H groups in total. The molecule has 94 valence electrons. The molecule has 1 rings (SSSR count). The molecule has 0 atom stereocenters. The fourth-order valence-corrected chi connectivity index (χ4v) is 1.58. The molecule has 4 nitrogen and oxygen atoms in total. The van der Waals surface area contributed by atoms with Gasteiger partial charge in [-0.05, 0) is 24.6 Å². The summed E-state index contributed by atoms with van der Waals surface area (Å²) in [6.45, 7) is 3.25. The minimum absolute atomic E-state index is 0.0165. The number of nitrogens with two attached hydrogens (primary N) is 1. The van der Waals surface area contributed by atoms with Gasteiger partial charge < -0.3 is 15.8 Å². The summed E-state index contributed by atoms with van der Waals surface area (Å²) in [4.78, 5) is 11.2. The molecule has 0 spiro atoms. The molecular formula is C12H17ClN2O2. The Bertz CT molecular complexity index is 383. The molecule has 17 heavy (non-hydrogen) atoms. The zero-order chi connectivity index (χ0) is 12.7. The molecule has 0 aliphatic carbocycles. The summed E-state index contributed by atoms with van der Waals surface area (Å²) < 4.78 is 5.42. The second-order valence-corrected chi connectivity index (χ2v) is 3.92. The highest BCUT2D eigenvalue weighted by molar-refractivity contribution is 6.31. The highest BCUT2D eigenvalue weighted by Crippen LogP contribution is 2.22. The van der Waals surface area contributed by atoms with E-state index in [4.69, 9.17) is 22.1 Å². The predicted octanol–water partition coefficient (Wildman–Crippen LogP) is 1.70. The van der Waals surface area contributed by atoms with Crippen molar-refractivity contribution in [2.75, 3.05) is 13.2 Å². The van der Waals surface area contributed by atoms with Crippen molar-refractivity contribution in [3.63, 3.8) is 0 Å². The number of carbonyl (C=O) groups is 1. The summed E-state index contributed by atoms with van der Waals surface area (Å²) in [6.07, 6.45) is 0.337. The van der Waals surface area contributed by atoms with Crippen molar-refractivity contribution in [2.24, 2.45) is 5.73 Å². The molecular weight excluding hydrogens is 240 g/mol. The van der Waals surface area contributed by atoms with E-state index in [9.17, 15) is 4.79 Å². The Labute approximate surface area is 106 Å². The van der Waals surface area contributed by atoms with Crippen LogP contribution in [0.3, 0.4) is 0 Å². The van der Waals surface area contributed by atoms with E-state index in [2.05, 4.69) is 5.32 Å². The molecule has 0 heterocycles. The number of nitrogens with one attached hydrogen (secondary N) is 1. The third-order valence-corrected chi connectivity index (χ3v) is 2.57. The summed E-state index contributed by atoms with van der Waals surface area (Å²) in [6, 6.07) is 5.33. The van der Waals surface area contributed by atoms with Crippen LogP contribution in [0.1, 0.15) is 18.9 Å². The third-order valence-electron chi connectivity index (χ3n) is 2.22. The van der Waals surface area contributed by atoms with Crippen molar-refractivity contribution < 1.29 is 9.53 Å². The highest BCUT2D eigenvalue weighted by Gasteiger charge is 2.03. The Morgan fingerprint density at radius 1 is 1.53 bits per heavy atom. The number of rotatable bonds is 6. The number of benzene rings is 1. The Hall–Kier alpha value is -1.26. The minimum Gasteiger partial charge on any atom is -0.493 e. The first-order valence-electron chi connectivity index (χ1n) is 5.55. The number of hydrogen-bond donors (Lipinski definition) is 2. The lowest BCUT2D eigenvalue weighted by molar-refractivity contribution is -0.121. The van der Waals surface area contributed by atoms with Gasteiger partial charge in [-0.3, -0.25) is 4.79 Å². The molecule has 5 heteroatoms. The molecule has 1 amide bonds. The van der Waals surface area contributed by atoms with Crippen LogP contribution in [-0.4, -0.2) is 19.1 Å². The zero-order valence-corrected chi connectivity index (χ0v) is 10.6. The fourth-order valence-electron chi connectivity index (χ4n) is 1.33. The Morgan fingerprint density at radius 2 is 2.29 bits per heavy atom. The van der Waals surface area contributed by atoms with E-state index in [0.29, 0.717) is 36.9 Å². The summed E-state index contributed by atoms with van der Waals surface area (Å²) >= 11 is 5.98. The van der Waals surface area contributed by atoms with Gasteiger partial charge in [0, 0.05) is 18.1 Å². The van der Waals surface area contributed by atoms with Crippen LogP contribution in [0.4, 0.5) is 0 Å². The summed E-state index contributed by atoms with van der Waals surface area (Å²) in [7, 11) is 0. The maximum Gasteiger partial charge on any atom is 0.223 e. The predicted molar refractivity (Wildman–Crippen MR) is 68.1 cm³/mol. The Balaban J connectivity index is 2.42. The second-order valence-electron chi connectivity index (χ2n) is 3.51. The lowest BCUT2D eigenvalue weighted by atomic mass is 10.2. The van der Waals surface area contributed by atoms with E-state index in [1.807, 2.05) is 13.0 Å². The van der Waals surface area contributed by atoms with E-state index in [1.54, 1.807) is 12.1 Å². The van der Waals surface area contributed by atoms with Gasteiger partial charge >= 0.3 is 0 Å². The van der Waals surface area contributed by atoms with Crippen LogP contribution in [0.2, 0.25) is 5.02 Å².